The Morgan fingerprint density at radius 2 is 2.00 bits per heavy atom. The second-order valence-corrected chi connectivity index (χ2v) is 4.33. The van der Waals surface area contributed by atoms with Gasteiger partial charge in [0.05, 0.1) is 0 Å². The summed E-state index contributed by atoms with van der Waals surface area (Å²) in [6, 6.07) is -0.878. The van der Waals surface area contributed by atoms with E-state index in [9.17, 15) is 9.59 Å². The quantitative estimate of drug-likeness (QED) is 0.695. The molecule has 0 aromatic rings. The Morgan fingerprint density at radius 1 is 1.33 bits per heavy atom. The maximum absolute atomic E-state index is 11.1. The zero-order valence-corrected chi connectivity index (χ0v) is 9.16. The lowest BCUT2D eigenvalue weighted by atomic mass is 9.82. The Labute approximate surface area is 89.3 Å². The molecule has 0 bridgehead atoms. The number of urea groups is 1. The standard InChI is InChI=1S/C10H18N2O3/c1-6-3-4-7(2)8(5-6)15-10(14)12-9(11)13/h6-8H,3-5H2,1-2H3,(H3,11,12,13,14). The lowest BCUT2D eigenvalue weighted by molar-refractivity contribution is 0.0308. The molecule has 0 saturated heterocycles. The second kappa shape index (κ2) is 5.00. The van der Waals surface area contributed by atoms with Gasteiger partial charge in [-0.25, -0.2) is 14.9 Å². The van der Waals surface area contributed by atoms with E-state index in [0.29, 0.717) is 11.8 Å². The molecular weight excluding hydrogens is 196 g/mol. The SMILES string of the molecule is CC1CCC(C)C(OC(=O)NC(N)=O)C1. The monoisotopic (exact) mass is 214 g/mol. The average molecular weight is 214 g/mol. The van der Waals surface area contributed by atoms with Crippen LogP contribution in [0.15, 0.2) is 0 Å². The van der Waals surface area contributed by atoms with Crippen LogP contribution in [-0.4, -0.2) is 18.2 Å². The topological polar surface area (TPSA) is 81.4 Å². The summed E-state index contributed by atoms with van der Waals surface area (Å²) in [5.74, 6) is 0.910. The Balaban J connectivity index is 2.41. The fourth-order valence-corrected chi connectivity index (χ4v) is 1.91. The summed E-state index contributed by atoms with van der Waals surface area (Å²) in [7, 11) is 0. The highest BCUT2D eigenvalue weighted by Gasteiger charge is 2.28. The van der Waals surface area contributed by atoms with E-state index >= 15 is 0 Å². The van der Waals surface area contributed by atoms with Crippen LogP contribution in [0.25, 0.3) is 0 Å². The first-order chi connectivity index (χ1) is 6.99. The zero-order chi connectivity index (χ0) is 11.4. The highest BCUT2D eigenvalue weighted by Crippen LogP contribution is 2.30. The molecule has 3 unspecified atom stereocenters. The van der Waals surface area contributed by atoms with Gasteiger partial charge in [0.25, 0.3) is 0 Å². The molecule has 3 N–H and O–H groups in total. The van der Waals surface area contributed by atoms with Crippen LogP contribution in [0.5, 0.6) is 0 Å². The molecule has 1 saturated carbocycles. The van der Waals surface area contributed by atoms with Gasteiger partial charge in [-0.05, 0) is 24.7 Å². The van der Waals surface area contributed by atoms with Crippen LogP contribution < -0.4 is 11.1 Å². The number of alkyl carbamates (subject to hydrolysis) is 1. The van der Waals surface area contributed by atoms with Crippen molar-refractivity contribution in [2.75, 3.05) is 0 Å². The second-order valence-electron chi connectivity index (χ2n) is 4.33. The first-order valence-corrected chi connectivity index (χ1v) is 5.26. The highest BCUT2D eigenvalue weighted by atomic mass is 16.6. The number of nitrogens with one attached hydrogen (secondary N) is 1. The normalized spacial score (nSPS) is 30.7. The summed E-state index contributed by atoms with van der Waals surface area (Å²) in [4.78, 5) is 21.5. The summed E-state index contributed by atoms with van der Waals surface area (Å²) >= 11 is 0. The Hall–Kier alpha value is -1.26. The summed E-state index contributed by atoms with van der Waals surface area (Å²) in [5.41, 5.74) is 4.81. The average Bonchev–Trinajstić information content (AvgIpc) is 2.10. The van der Waals surface area contributed by atoms with Gasteiger partial charge in [-0.3, -0.25) is 0 Å². The molecule has 0 aromatic carbocycles. The third-order valence-corrected chi connectivity index (χ3v) is 2.87. The van der Waals surface area contributed by atoms with E-state index in [0.717, 1.165) is 12.8 Å². The lowest BCUT2D eigenvalue weighted by Crippen LogP contribution is -2.40. The van der Waals surface area contributed by atoms with Gasteiger partial charge in [-0.2, -0.15) is 0 Å². The van der Waals surface area contributed by atoms with Crippen molar-refractivity contribution in [2.24, 2.45) is 17.6 Å². The molecule has 0 spiro atoms. The summed E-state index contributed by atoms with van der Waals surface area (Å²) in [5, 5.41) is 1.90. The van der Waals surface area contributed by atoms with E-state index in [1.165, 1.54) is 6.42 Å². The molecule has 1 aliphatic carbocycles. The van der Waals surface area contributed by atoms with Crippen LogP contribution in [0.1, 0.15) is 33.1 Å². The molecule has 1 fully saturated rings. The van der Waals surface area contributed by atoms with Crippen molar-refractivity contribution in [1.29, 1.82) is 0 Å². The van der Waals surface area contributed by atoms with Crippen molar-refractivity contribution in [1.82, 2.24) is 5.32 Å². The van der Waals surface area contributed by atoms with Gasteiger partial charge in [0.15, 0.2) is 0 Å². The number of nitrogens with two attached hydrogens (primary N) is 1. The smallest absolute Gasteiger partial charge is 0.415 e. The van der Waals surface area contributed by atoms with Crippen molar-refractivity contribution in [3.63, 3.8) is 0 Å². The largest absolute Gasteiger partial charge is 0.446 e. The minimum absolute atomic E-state index is 0.104. The first-order valence-electron chi connectivity index (χ1n) is 5.26. The first kappa shape index (κ1) is 11.8. The van der Waals surface area contributed by atoms with E-state index in [4.69, 9.17) is 10.5 Å². The maximum atomic E-state index is 11.1. The predicted molar refractivity (Wildman–Crippen MR) is 55.2 cm³/mol. The fraction of sp³-hybridized carbons (Fsp3) is 0.800. The highest BCUT2D eigenvalue weighted by molar-refractivity contribution is 5.89. The number of amides is 3. The molecule has 1 aliphatic rings. The molecule has 0 heterocycles. The number of hydrogen-bond donors (Lipinski definition) is 2. The molecule has 1 rings (SSSR count). The summed E-state index contributed by atoms with van der Waals surface area (Å²) < 4.78 is 5.13. The Bertz CT molecular complexity index is 255. The van der Waals surface area contributed by atoms with Crippen LogP contribution in [0, 0.1) is 11.8 Å². The predicted octanol–water partition coefficient (Wildman–Crippen LogP) is 1.62. The fourth-order valence-electron chi connectivity index (χ4n) is 1.91. The van der Waals surface area contributed by atoms with Crippen molar-refractivity contribution in [3.8, 4) is 0 Å². The molecule has 3 amide bonds. The summed E-state index contributed by atoms with van der Waals surface area (Å²) in [6.45, 7) is 4.18. The number of imide groups is 1. The third-order valence-electron chi connectivity index (χ3n) is 2.87. The zero-order valence-electron chi connectivity index (χ0n) is 9.16. The third kappa shape index (κ3) is 3.77. The van der Waals surface area contributed by atoms with E-state index < -0.39 is 12.1 Å². The molecule has 3 atom stereocenters. The van der Waals surface area contributed by atoms with E-state index in [1.807, 2.05) is 12.2 Å². The van der Waals surface area contributed by atoms with Crippen LogP contribution in [-0.2, 0) is 4.74 Å². The summed E-state index contributed by atoms with van der Waals surface area (Å²) in [6.07, 6.45) is 2.23. The number of ether oxygens (including phenoxy) is 1. The van der Waals surface area contributed by atoms with Crippen molar-refractivity contribution < 1.29 is 14.3 Å². The Morgan fingerprint density at radius 3 is 2.60 bits per heavy atom. The minimum atomic E-state index is -0.878. The molecular formula is C10H18N2O3. The van der Waals surface area contributed by atoms with Crippen LogP contribution in [0.2, 0.25) is 0 Å². The molecule has 5 nitrogen and oxygen atoms in total. The molecule has 5 heteroatoms. The van der Waals surface area contributed by atoms with E-state index in [2.05, 4.69) is 6.92 Å². The van der Waals surface area contributed by atoms with Gasteiger partial charge in [-0.15, -0.1) is 0 Å². The molecule has 86 valence electrons. The maximum Gasteiger partial charge on any atom is 0.415 e. The van der Waals surface area contributed by atoms with Gasteiger partial charge in [0, 0.05) is 0 Å². The van der Waals surface area contributed by atoms with Crippen LogP contribution >= 0.6 is 0 Å². The van der Waals surface area contributed by atoms with Crippen molar-refractivity contribution in [3.05, 3.63) is 0 Å². The van der Waals surface area contributed by atoms with E-state index in [-0.39, 0.29) is 6.10 Å². The van der Waals surface area contributed by atoms with E-state index in [1.54, 1.807) is 0 Å². The molecule has 0 aliphatic heterocycles. The van der Waals surface area contributed by atoms with Gasteiger partial charge in [0.1, 0.15) is 6.10 Å². The van der Waals surface area contributed by atoms with Gasteiger partial charge >= 0.3 is 12.1 Å². The van der Waals surface area contributed by atoms with Crippen LogP contribution in [0.4, 0.5) is 9.59 Å². The molecule has 0 radical (unpaired) electrons. The van der Waals surface area contributed by atoms with Crippen LogP contribution in [0.3, 0.4) is 0 Å². The van der Waals surface area contributed by atoms with Gasteiger partial charge < -0.3 is 10.5 Å². The number of hydrogen-bond acceptors (Lipinski definition) is 3. The number of primary amides is 1. The number of rotatable bonds is 1. The molecule has 0 aromatic heterocycles. The van der Waals surface area contributed by atoms with Crippen molar-refractivity contribution in [2.45, 2.75) is 39.2 Å². The Kier molecular flexibility index (Phi) is 3.94. The lowest BCUT2D eigenvalue weighted by Gasteiger charge is -2.31. The minimum Gasteiger partial charge on any atom is -0.446 e. The van der Waals surface area contributed by atoms with Gasteiger partial charge in [0.2, 0.25) is 0 Å². The number of carbonyl (C=O) groups excluding carboxylic acids is 2. The molecule has 15 heavy (non-hydrogen) atoms. The van der Waals surface area contributed by atoms with Gasteiger partial charge in [-0.1, -0.05) is 20.3 Å². The number of carbonyl (C=O) groups is 2. The van der Waals surface area contributed by atoms with Crippen molar-refractivity contribution >= 4 is 12.1 Å².